The van der Waals surface area contributed by atoms with Crippen molar-refractivity contribution in [2.24, 2.45) is 5.73 Å². The van der Waals surface area contributed by atoms with Crippen molar-refractivity contribution in [3.63, 3.8) is 0 Å². The van der Waals surface area contributed by atoms with Crippen molar-refractivity contribution in [3.8, 4) is 0 Å². The van der Waals surface area contributed by atoms with Gasteiger partial charge in [-0.1, -0.05) is 0 Å². The zero-order chi connectivity index (χ0) is 9.84. The molecule has 1 rings (SSSR count). The molecule has 2 atom stereocenters. The number of nitrogens with two attached hydrogens (primary N) is 1. The summed E-state index contributed by atoms with van der Waals surface area (Å²) in [6.07, 6.45) is 3.60. The van der Waals surface area contributed by atoms with Gasteiger partial charge in [0.1, 0.15) is 0 Å². The molecule has 1 aromatic heterocycles. The summed E-state index contributed by atoms with van der Waals surface area (Å²) < 4.78 is 0. The second-order valence-electron chi connectivity index (χ2n) is 3.55. The molecule has 2 unspecified atom stereocenters. The maximum absolute atomic E-state index is 5.91. The van der Waals surface area contributed by atoms with E-state index in [0.717, 1.165) is 0 Å². The first-order valence-electron chi connectivity index (χ1n) is 4.45. The maximum atomic E-state index is 5.91. The van der Waals surface area contributed by atoms with Crippen molar-refractivity contribution in [2.45, 2.75) is 19.0 Å². The van der Waals surface area contributed by atoms with Gasteiger partial charge in [0.2, 0.25) is 0 Å². The van der Waals surface area contributed by atoms with E-state index in [1.54, 1.807) is 12.4 Å². The van der Waals surface area contributed by atoms with Crippen LogP contribution < -0.4 is 5.73 Å². The molecule has 13 heavy (non-hydrogen) atoms. The molecule has 0 bridgehead atoms. The molecule has 3 nitrogen and oxygen atoms in total. The first kappa shape index (κ1) is 10.2. The molecule has 0 aliphatic carbocycles. The summed E-state index contributed by atoms with van der Waals surface area (Å²) in [4.78, 5) is 6.11. The zero-order valence-corrected chi connectivity index (χ0v) is 8.44. The molecule has 0 fully saturated rings. The second-order valence-corrected chi connectivity index (χ2v) is 3.55. The Morgan fingerprint density at radius 3 is 2.23 bits per heavy atom. The molecule has 0 saturated heterocycles. The average Bonchev–Trinajstić information content (AvgIpc) is 2.04. The van der Waals surface area contributed by atoms with Gasteiger partial charge in [0.25, 0.3) is 0 Å². The van der Waals surface area contributed by atoms with Crippen molar-refractivity contribution in [2.75, 3.05) is 14.1 Å². The van der Waals surface area contributed by atoms with Gasteiger partial charge in [-0.25, -0.2) is 0 Å². The summed E-state index contributed by atoms with van der Waals surface area (Å²) in [6.45, 7) is 2.02. The van der Waals surface area contributed by atoms with Crippen molar-refractivity contribution < 1.29 is 0 Å². The first-order valence-corrected chi connectivity index (χ1v) is 4.45. The molecule has 0 saturated carbocycles. The van der Waals surface area contributed by atoms with E-state index in [0.29, 0.717) is 0 Å². The van der Waals surface area contributed by atoms with Gasteiger partial charge >= 0.3 is 0 Å². The highest BCUT2D eigenvalue weighted by atomic mass is 15.1. The summed E-state index contributed by atoms with van der Waals surface area (Å²) in [5.41, 5.74) is 7.13. The van der Waals surface area contributed by atoms with Crippen molar-refractivity contribution in [1.29, 1.82) is 0 Å². The van der Waals surface area contributed by atoms with Crippen LogP contribution in [0, 0.1) is 0 Å². The first-order chi connectivity index (χ1) is 6.13. The van der Waals surface area contributed by atoms with Crippen molar-refractivity contribution in [3.05, 3.63) is 30.1 Å². The van der Waals surface area contributed by atoms with Crippen LogP contribution in [-0.4, -0.2) is 30.0 Å². The number of likely N-dealkylation sites (N-methyl/N-ethyl adjacent to an activating group) is 1. The Kier molecular flexibility index (Phi) is 3.39. The fourth-order valence-corrected chi connectivity index (χ4v) is 1.63. The third kappa shape index (κ3) is 2.50. The molecule has 72 valence electrons. The van der Waals surface area contributed by atoms with E-state index in [4.69, 9.17) is 5.73 Å². The SMILES string of the molecule is CC(N)C(c1ccncc1)N(C)C. The summed E-state index contributed by atoms with van der Waals surface area (Å²) >= 11 is 0. The van der Waals surface area contributed by atoms with E-state index in [1.807, 2.05) is 33.2 Å². The number of nitrogens with zero attached hydrogens (tertiary/aromatic N) is 2. The summed E-state index contributed by atoms with van der Waals surface area (Å²) in [5.74, 6) is 0. The summed E-state index contributed by atoms with van der Waals surface area (Å²) in [6, 6.07) is 4.41. The zero-order valence-electron chi connectivity index (χ0n) is 8.44. The standard InChI is InChI=1S/C10H17N3/c1-8(11)10(13(2)3)9-4-6-12-7-5-9/h4-8,10H,11H2,1-3H3. The van der Waals surface area contributed by atoms with Crippen LogP contribution in [0.15, 0.2) is 24.5 Å². The molecule has 0 aliphatic heterocycles. The lowest BCUT2D eigenvalue weighted by molar-refractivity contribution is 0.266. The minimum absolute atomic E-state index is 0.123. The fraction of sp³-hybridized carbons (Fsp3) is 0.500. The number of pyridine rings is 1. The third-order valence-electron chi connectivity index (χ3n) is 2.10. The molecule has 0 spiro atoms. The molecule has 1 heterocycles. The quantitative estimate of drug-likeness (QED) is 0.753. The van der Waals surface area contributed by atoms with Gasteiger partial charge in [0, 0.05) is 24.5 Å². The Balaban J connectivity index is 2.89. The Morgan fingerprint density at radius 2 is 1.85 bits per heavy atom. The van der Waals surface area contributed by atoms with Crippen LogP contribution in [0.5, 0.6) is 0 Å². The van der Waals surface area contributed by atoms with Gasteiger partial charge in [0.15, 0.2) is 0 Å². The van der Waals surface area contributed by atoms with E-state index in [-0.39, 0.29) is 12.1 Å². The summed E-state index contributed by atoms with van der Waals surface area (Å²) in [5, 5.41) is 0. The van der Waals surface area contributed by atoms with Crippen LogP contribution in [0.3, 0.4) is 0 Å². The van der Waals surface area contributed by atoms with E-state index in [1.165, 1.54) is 5.56 Å². The number of hydrogen-bond donors (Lipinski definition) is 1. The molecular weight excluding hydrogens is 162 g/mol. The highest BCUT2D eigenvalue weighted by Crippen LogP contribution is 2.19. The van der Waals surface area contributed by atoms with E-state index in [2.05, 4.69) is 9.88 Å². The molecule has 0 radical (unpaired) electrons. The lowest BCUT2D eigenvalue weighted by atomic mass is 10.0. The van der Waals surface area contributed by atoms with Gasteiger partial charge < -0.3 is 10.6 Å². The number of rotatable bonds is 3. The third-order valence-corrected chi connectivity index (χ3v) is 2.10. The molecule has 1 aromatic rings. The van der Waals surface area contributed by atoms with Gasteiger partial charge in [-0.3, -0.25) is 4.98 Å². The van der Waals surface area contributed by atoms with Crippen LogP contribution in [0.4, 0.5) is 0 Å². The molecular formula is C10H17N3. The molecule has 0 aromatic carbocycles. The molecule has 0 amide bonds. The van der Waals surface area contributed by atoms with Gasteiger partial charge in [0.05, 0.1) is 0 Å². The highest BCUT2D eigenvalue weighted by molar-refractivity contribution is 5.16. The largest absolute Gasteiger partial charge is 0.326 e. The lowest BCUT2D eigenvalue weighted by Gasteiger charge is -2.27. The van der Waals surface area contributed by atoms with Gasteiger partial charge in [-0.15, -0.1) is 0 Å². The smallest absolute Gasteiger partial charge is 0.0492 e. The second kappa shape index (κ2) is 4.35. The minimum atomic E-state index is 0.123. The Hall–Kier alpha value is -0.930. The van der Waals surface area contributed by atoms with Crippen LogP contribution in [0.1, 0.15) is 18.5 Å². The maximum Gasteiger partial charge on any atom is 0.0492 e. The molecule has 2 N–H and O–H groups in total. The van der Waals surface area contributed by atoms with Crippen molar-refractivity contribution in [1.82, 2.24) is 9.88 Å². The predicted octanol–water partition coefficient (Wildman–Crippen LogP) is 1.03. The Labute approximate surface area is 79.6 Å². The van der Waals surface area contributed by atoms with Crippen LogP contribution in [0.25, 0.3) is 0 Å². The van der Waals surface area contributed by atoms with E-state index >= 15 is 0 Å². The van der Waals surface area contributed by atoms with Crippen LogP contribution in [0.2, 0.25) is 0 Å². The van der Waals surface area contributed by atoms with Gasteiger partial charge in [-0.2, -0.15) is 0 Å². The number of aromatic nitrogens is 1. The Morgan fingerprint density at radius 1 is 1.31 bits per heavy atom. The average molecular weight is 179 g/mol. The number of hydrogen-bond acceptors (Lipinski definition) is 3. The van der Waals surface area contributed by atoms with E-state index in [9.17, 15) is 0 Å². The molecule has 3 heteroatoms. The normalized spacial score (nSPS) is 15.8. The minimum Gasteiger partial charge on any atom is -0.326 e. The fourth-order valence-electron chi connectivity index (χ4n) is 1.63. The van der Waals surface area contributed by atoms with Crippen molar-refractivity contribution >= 4 is 0 Å². The van der Waals surface area contributed by atoms with Gasteiger partial charge in [-0.05, 0) is 38.7 Å². The van der Waals surface area contributed by atoms with Crippen LogP contribution >= 0.6 is 0 Å². The molecule has 0 aliphatic rings. The van der Waals surface area contributed by atoms with Crippen LogP contribution in [-0.2, 0) is 0 Å². The highest BCUT2D eigenvalue weighted by Gasteiger charge is 2.17. The topological polar surface area (TPSA) is 42.1 Å². The van der Waals surface area contributed by atoms with E-state index < -0.39 is 0 Å². The predicted molar refractivity (Wildman–Crippen MR) is 54.3 cm³/mol. The lowest BCUT2D eigenvalue weighted by Crippen LogP contribution is -2.34. The monoisotopic (exact) mass is 179 g/mol. The summed E-state index contributed by atoms with van der Waals surface area (Å²) in [7, 11) is 4.07. The Bertz CT molecular complexity index is 236.